The zero-order valence-corrected chi connectivity index (χ0v) is 10.6. The van der Waals surface area contributed by atoms with Gasteiger partial charge in [0.1, 0.15) is 11.0 Å². The number of hydrogen-bond donors (Lipinski definition) is 1. The number of rotatable bonds is 3. The molecule has 1 aromatic heterocycles. The second kappa shape index (κ2) is 4.22. The van der Waals surface area contributed by atoms with Crippen molar-refractivity contribution >= 4 is 17.4 Å². The molecule has 1 aromatic rings. The van der Waals surface area contributed by atoms with Crippen molar-refractivity contribution in [3.8, 4) is 0 Å². The zero-order valence-electron chi connectivity index (χ0n) is 9.83. The van der Waals surface area contributed by atoms with E-state index in [1.807, 2.05) is 12.1 Å². The van der Waals surface area contributed by atoms with E-state index in [1.54, 1.807) is 13.2 Å². The summed E-state index contributed by atoms with van der Waals surface area (Å²) in [6.45, 7) is 4.40. The van der Waals surface area contributed by atoms with Crippen molar-refractivity contribution in [1.29, 1.82) is 0 Å². The van der Waals surface area contributed by atoms with Gasteiger partial charge < -0.3 is 10.1 Å². The van der Waals surface area contributed by atoms with E-state index >= 15 is 0 Å². The normalized spacial score (nSPS) is 27.2. The van der Waals surface area contributed by atoms with Crippen molar-refractivity contribution in [3.63, 3.8) is 0 Å². The summed E-state index contributed by atoms with van der Waals surface area (Å²) in [5, 5.41) is 3.92. The predicted octanol–water partition coefficient (Wildman–Crippen LogP) is 2.96. The average molecular weight is 241 g/mol. The maximum atomic E-state index is 5.84. The number of nitrogens with one attached hydrogen (secondary N) is 1. The lowest BCUT2D eigenvalue weighted by molar-refractivity contribution is -0.0795. The number of hydrogen-bond acceptors (Lipinski definition) is 3. The SMILES string of the molecule is COC1CC(Nc2cccc(Cl)n2)C1(C)C. The Kier molecular flexibility index (Phi) is 3.08. The van der Waals surface area contributed by atoms with Gasteiger partial charge in [-0.25, -0.2) is 4.98 Å². The number of anilines is 1. The van der Waals surface area contributed by atoms with Crippen LogP contribution >= 0.6 is 11.6 Å². The van der Waals surface area contributed by atoms with Gasteiger partial charge in [-0.05, 0) is 18.6 Å². The molecule has 2 atom stereocenters. The van der Waals surface area contributed by atoms with Crippen LogP contribution in [0.25, 0.3) is 0 Å². The first kappa shape index (κ1) is 11.7. The van der Waals surface area contributed by atoms with E-state index < -0.39 is 0 Å². The predicted molar refractivity (Wildman–Crippen MR) is 65.9 cm³/mol. The summed E-state index contributed by atoms with van der Waals surface area (Å²) >= 11 is 5.84. The highest BCUT2D eigenvalue weighted by Gasteiger charge is 2.48. The first-order valence-corrected chi connectivity index (χ1v) is 5.83. The fourth-order valence-electron chi connectivity index (χ4n) is 2.20. The molecule has 3 nitrogen and oxygen atoms in total. The lowest BCUT2D eigenvalue weighted by Crippen LogP contribution is -2.57. The van der Waals surface area contributed by atoms with Gasteiger partial charge in [-0.3, -0.25) is 0 Å². The van der Waals surface area contributed by atoms with Crippen molar-refractivity contribution < 1.29 is 4.74 Å². The Balaban J connectivity index is 2.02. The highest BCUT2D eigenvalue weighted by atomic mass is 35.5. The fraction of sp³-hybridized carbons (Fsp3) is 0.583. The van der Waals surface area contributed by atoms with Crippen LogP contribution in [0.1, 0.15) is 20.3 Å². The summed E-state index contributed by atoms with van der Waals surface area (Å²) in [5.41, 5.74) is 0.138. The molecule has 0 aromatic carbocycles. The first-order valence-electron chi connectivity index (χ1n) is 5.46. The minimum absolute atomic E-state index is 0.138. The molecule has 1 fully saturated rings. The summed E-state index contributed by atoms with van der Waals surface area (Å²) in [7, 11) is 1.76. The molecule has 0 spiro atoms. The van der Waals surface area contributed by atoms with Crippen LogP contribution in [-0.2, 0) is 4.74 Å². The minimum atomic E-state index is 0.138. The molecule has 0 bridgehead atoms. The lowest BCUT2D eigenvalue weighted by Gasteiger charge is -2.51. The van der Waals surface area contributed by atoms with E-state index in [0.717, 1.165) is 12.2 Å². The van der Waals surface area contributed by atoms with E-state index in [4.69, 9.17) is 16.3 Å². The van der Waals surface area contributed by atoms with Gasteiger partial charge >= 0.3 is 0 Å². The molecule has 16 heavy (non-hydrogen) atoms. The topological polar surface area (TPSA) is 34.1 Å². The smallest absolute Gasteiger partial charge is 0.131 e. The third-order valence-corrected chi connectivity index (χ3v) is 3.71. The Labute approximate surface area is 101 Å². The van der Waals surface area contributed by atoms with Gasteiger partial charge in [0, 0.05) is 18.6 Å². The number of methoxy groups -OCH3 is 1. The van der Waals surface area contributed by atoms with E-state index in [9.17, 15) is 0 Å². The number of halogens is 1. The van der Waals surface area contributed by atoms with E-state index in [1.165, 1.54) is 0 Å². The second-order valence-corrected chi connectivity index (χ2v) is 5.21. The van der Waals surface area contributed by atoms with E-state index in [2.05, 4.69) is 24.1 Å². The van der Waals surface area contributed by atoms with Crippen LogP contribution in [0, 0.1) is 5.41 Å². The molecule has 1 N–H and O–H groups in total. The molecule has 4 heteroatoms. The molecule has 1 saturated carbocycles. The van der Waals surface area contributed by atoms with Crippen LogP contribution < -0.4 is 5.32 Å². The number of ether oxygens (including phenoxy) is 1. The minimum Gasteiger partial charge on any atom is -0.381 e. The van der Waals surface area contributed by atoms with Gasteiger partial charge in [-0.15, -0.1) is 0 Å². The molecule has 0 saturated heterocycles. The van der Waals surface area contributed by atoms with Crippen LogP contribution in [0.4, 0.5) is 5.82 Å². The summed E-state index contributed by atoms with van der Waals surface area (Å²) in [4.78, 5) is 4.22. The zero-order chi connectivity index (χ0) is 11.8. The number of aromatic nitrogens is 1. The Hall–Kier alpha value is -0.800. The highest BCUT2D eigenvalue weighted by Crippen LogP contribution is 2.43. The van der Waals surface area contributed by atoms with Gasteiger partial charge in [-0.1, -0.05) is 31.5 Å². The van der Waals surface area contributed by atoms with Crippen molar-refractivity contribution in [3.05, 3.63) is 23.4 Å². The molecule has 2 rings (SSSR count). The Morgan fingerprint density at radius 1 is 1.50 bits per heavy atom. The van der Waals surface area contributed by atoms with Crippen molar-refractivity contribution in [1.82, 2.24) is 4.98 Å². The van der Waals surface area contributed by atoms with Gasteiger partial charge in [0.15, 0.2) is 0 Å². The van der Waals surface area contributed by atoms with Gasteiger partial charge in [0.25, 0.3) is 0 Å². The Morgan fingerprint density at radius 2 is 2.25 bits per heavy atom. The maximum Gasteiger partial charge on any atom is 0.131 e. The van der Waals surface area contributed by atoms with Crippen LogP contribution in [0.3, 0.4) is 0 Å². The largest absolute Gasteiger partial charge is 0.381 e. The van der Waals surface area contributed by atoms with Crippen LogP contribution in [0.2, 0.25) is 5.15 Å². The summed E-state index contributed by atoms with van der Waals surface area (Å²) in [6.07, 6.45) is 1.33. The summed E-state index contributed by atoms with van der Waals surface area (Å²) < 4.78 is 5.41. The van der Waals surface area contributed by atoms with Crippen LogP contribution in [0.15, 0.2) is 18.2 Å². The molecule has 0 aliphatic heterocycles. The average Bonchev–Trinajstić information content (AvgIpc) is 2.23. The molecule has 1 aliphatic carbocycles. The molecular weight excluding hydrogens is 224 g/mol. The first-order chi connectivity index (χ1) is 7.54. The monoisotopic (exact) mass is 240 g/mol. The number of nitrogens with zero attached hydrogens (tertiary/aromatic N) is 1. The van der Waals surface area contributed by atoms with Crippen molar-refractivity contribution in [2.45, 2.75) is 32.4 Å². The standard InChI is InChI=1S/C12H17ClN2O/c1-12(2)8(7-9(12)16-3)14-11-6-4-5-10(13)15-11/h4-6,8-9H,7H2,1-3H3,(H,14,15). The number of pyridine rings is 1. The third kappa shape index (κ3) is 2.02. The quantitative estimate of drug-likeness (QED) is 0.825. The Morgan fingerprint density at radius 3 is 2.81 bits per heavy atom. The van der Waals surface area contributed by atoms with Crippen molar-refractivity contribution in [2.75, 3.05) is 12.4 Å². The molecule has 0 amide bonds. The van der Waals surface area contributed by atoms with Gasteiger partial charge in [-0.2, -0.15) is 0 Å². The van der Waals surface area contributed by atoms with E-state index in [0.29, 0.717) is 17.3 Å². The second-order valence-electron chi connectivity index (χ2n) is 4.82. The van der Waals surface area contributed by atoms with E-state index in [-0.39, 0.29) is 5.41 Å². The third-order valence-electron chi connectivity index (χ3n) is 3.50. The van der Waals surface area contributed by atoms with Gasteiger partial charge in [0.2, 0.25) is 0 Å². The van der Waals surface area contributed by atoms with Crippen LogP contribution in [-0.4, -0.2) is 24.2 Å². The molecule has 88 valence electrons. The molecule has 2 unspecified atom stereocenters. The fourth-order valence-corrected chi connectivity index (χ4v) is 2.36. The highest BCUT2D eigenvalue weighted by molar-refractivity contribution is 6.29. The summed E-state index contributed by atoms with van der Waals surface area (Å²) in [5.74, 6) is 0.833. The lowest BCUT2D eigenvalue weighted by atomic mass is 9.64. The Bertz CT molecular complexity index is 381. The molecule has 1 heterocycles. The molecule has 1 aliphatic rings. The van der Waals surface area contributed by atoms with Gasteiger partial charge in [0.05, 0.1) is 6.10 Å². The van der Waals surface area contributed by atoms with Crippen LogP contribution in [0.5, 0.6) is 0 Å². The molecular formula is C12H17ClN2O. The maximum absolute atomic E-state index is 5.84. The van der Waals surface area contributed by atoms with Crippen molar-refractivity contribution in [2.24, 2.45) is 5.41 Å². The summed E-state index contributed by atoms with van der Waals surface area (Å²) in [6, 6.07) is 6.00. The molecule has 0 radical (unpaired) electrons.